The van der Waals surface area contributed by atoms with Crippen LogP contribution < -0.4 is 5.73 Å². The standard InChI is InChI=1S/C18H26N2O2.ClH/c1-13-4-6-14(7-5-13)11-15-3-2-10-20(15)18(21)17-9-8-16(12-19)22-17;/h4-7,15-17H,2-3,8-12,19H2,1H3;1H/t15?,16-,17+;/m1./s1. The molecule has 2 fully saturated rings. The molecule has 128 valence electrons. The van der Waals surface area contributed by atoms with E-state index in [1.807, 2.05) is 4.90 Å². The molecule has 2 heterocycles. The molecule has 1 aromatic carbocycles. The Bertz CT molecular complexity index is 520. The first-order valence-electron chi connectivity index (χ1n) is 8.39. The average molecular weight is 339 g/mol. The van der Waals surface area contributed by atoms with Crippen LogP contribution in [0.3, 0.4) is 0 Å². The van der Waals surface area contributed by atoms with Gasteiger partial charge in [0.15, 0.2) is 0 Å². The summed E-state index contributed by atoms with van der Waals surface area (Å²) in [6, 6.07) is 8.94. The third-order valence-electron chi connectivity index (χ3n) is 4.90. The minimum atomic E-state index is -0.271. The van der Waals surface area contributed by atoms with Gasteiger partial charge < -0.3 is 15.4 Å². The Kier molecular flexibility index (Phi) is 6.45. The zero-order valence-electron chi connectivity index (χ0n) is 13.7. The van der Waals surface area contributed by atoms with Crippen LogP contribution in [-0.4, -0.2) is 42.1 Å². The maximum absolute atomic E-state index is 12.7. The van der Waals surface area contributed by atoms with Crippen LogP contribution in [0.4, 0.5) is 0 Å². The Morgan fingerprint density at radius 3 is 2.65 bits per heavy atom. The molecular weight excluding hydrogens is 312 g/mol. The van der Waals surface area contributed by atoms with Gasteiger partial charge in [0, 0.05) is 19.1 Å². The van der Waals surface area contributed by atoms with Crippen molar-refractivity contribution < 1.29 is 9.53 Å². The molecule has 1 unspecified atom stereocenters. The maximum Gasteiger partial charge on any atom is 0.251 e. The number of aryl methyl sites for hydroxylation is 1. The molecular formula is C18H27ClN2O2. The predicted octanol–water partition coefficient (Wildman–Crippen LogP) is 2.46. The van der Waals surface area contributed by atoms with Crippen molar-refractivity contribution >= 4 is 18.3 Å². The van der Waals surface area contributed by atoms with Crippen LogP contribution in [0.1, 0.15) is 36.8 Å². The Morgan fingerprint density at radius 1 is 1.26 bits per heavy atom. The second kappa shape index (κ2) is 8.13. The Morgan fingerprint density at radius 2 is 2.00 bits per heavy atom. The third kappa shape index (κ3) is 4.25. The lowest BCUT2D eigenvalue weighted by molar-refractivity contribution is -0.143. The number of nitrogens with two attached hydrogens (primary N) is 1. The normalized spacial score (nSPS) is 27.0. The van der Waals surface area contributed by atoms with Gasteiger partial charge in [-0.3, -0.25) is 4.79 Å². The molecule has 4 nitrogen and oxygen atoms in total. The number of likely N-dealkylation sites (tertiary alicyclic amines) is 1. The number of hydrogen-bond donors (Lipinski definition) is 1. The van der Waals surface area contributed by atoms with Crippen molar-refractivity contribution in [3.63, 3.8) is 0 Å². The van der Waals surface area contributed by atoms with E-state index in [4.69, 9.17) is 10.5 Å². The van der Waals surface area contributed by atoms with E-state index in [9.17, 15) is 4.79 Å². The highest BCUT2D eigenvalue weighted by molar-refractivity contribution is 5.85. The molecule has 23 heavy (non-hydrogen) atoms. The first-order chi connectivity index (χ1) is 10.7. The Hall–Kier alpha value is -1.10. The molecule has 0 saturated carbocycles. The molecule has 0 aromatic heterocycles. The largest absolute Gasteiger partial charge is 0.364 e. The smallest absolute Gasteiger partial charge is 0.251 e. The lowest BCUT2D eigenvalue weighted by Crippen LogP contribution is -2.43. The molecule has 0 bridgehead atoms. The van der Waals surface area contributed by atoms with Crippen molar-refractivity contribution in [1.82, 2.24) is 4.90 Å². The number of amides is 1. The van der Waals surface area contributed by atoms with Crippen LogP contribution in [-0.2, 0) is 16.0 Å². The minimum absolute atomic E-state index is 0. The second-order valence-corrected chi connectivity index (χ2v) is 6.58. The van der Waals surface area contributed by atoms with E-state index in [1.54, 1.807) is 0 Å². The second-order valence-electron chi connectivity index (χ2n) is 6.58. The number of benzene rings is 1. The zero-order valence-corrected chi connectivity index (χ0v) is 14.6. The van der Waals surface area contributed by atoms with E-state index in [-0.39, 0.29) is 30.5 Å². The zero-order chi connectivity index (χ0) is 15.5. The number of halogens is 1. The van der Waals surface area contributed by atoms with Crippen molar-refractivity contribution in [1.29, 1.82) is 0 Å². The van der Waals surface area contributed by atoms with E-state index < -0.39 is 0 Å². The van der Waals surface area contributed by atoms with Gasteiger partial charge >= 0.3 is 0 Å². The van der Waals surface area contributed by atoms with Gasteiger partial charge in [-0.05, 0) is 44.6 Å². The fourth-order valence-corrected chi connectivity index (χ4v) is 3.58. The quantitative estimate of drug-likeness (QED) is 0.917. The van der Waals surface area contributed by atoms with Crippen molar-refractivity contribution in [2.24, 2.45) is 5.73 Å². The van der Waals surface area contributed by atoms with Crippen molar-refractivity contribution in [2.75, 3.05) is 13.1 Å². The van der Waals surface area contributed by atoms with E-state index in [1.165, 1.54) is 11.1 Å². The maximum atomic E-state index is 12.7. The molecule has 5 heteroatoms. The Labute approximate surface area is 144 Å². The van der Waals surface area contributed by atoms with Crippen LogP contribution in [0.5, 0.6) is 0 Å². The summed E-state index contributed by atoms with van der Waals surface area (Å²) in [7, 11) is 0. The molecule has 2 saturated heterocycles. The summed E-state index contributed by atoms with van der Waals surface area (Å²) in [5.74, 6) is 0.172. The van der Waals surface area contributed by atoms with Gasteiger partial charge in [0.1, 0.15) is 6.10 Å². The van der Waals surface area contributed by atoms with Crippen LogP contribution in [0.25, 0.3) is 0 Å². The number of hydrogen-bond acceptors (Lipinski definition) is 3. The monoisotopic (exact) mass is 338 g/mol. The highest BCUT2D eigenvalue weighted by Crippen LogP contribution is 2.27. The molecule has 1 amide bonds. The number of rotatable bonds is 4. The number of ether oxygens (including phenoxy) is 1. The van der Waals surface area contributed by atoms with Crippen LogP contribution in [0, 0.1) is 6.92 Å². The summed E-state index contributed by atoms with van der Waals surface area (Å²) in [5, 5.41) is 0. The minimum Gasteiger partial charge on any atom is -0.364 e. The molecule has 3 rings (SSSR count). The highest BCUT2D eigenvalue weighted by atomic mass is 35.5. The van der Waals surface area contributed by atoms with Crippen LogP contribution >= 0.6 is 12.4 Å². The fraction of sp³-hybridized carbons (Fsp3) is 0.611. The van der Waals surface area contributed by atoms with Crippen LogP contribution in [0.2, 0.25) is 0 Å². The average Bonchev–Trinajstić information content (AvgIpc) is 3.18. The van der Waals surface area contributed by atoms with Gasteiger partial charge in [0.2, 0.25) is 0 Å². The van der Waals surface area contributed by atoms with Crippen molar-refractivity contribution in [3.8, 4) is 0 Å². The molecule has 2 aliphatic rings. The number of carbonyl (C=O) groups is 1. The molecule has 3 atom stereocenters. The van der Waals surface area contributed by atoms with Gasteiger partial charge in [-0.25, -0.2) is 0 Å². The summed E-state index contributed by atoms with van der Waals surface area (Å²) in [6.07, 6.45) is 4.64. The highest BCUT2D eigenvalue weighted by Gasteiger charge is 2.37. The molecule has 2 N–H and O–H groups in total. The van der Waals surface area contributed by atoms with Gasteiger partial charge in [-0.2, -0.15) is 0 Å². The lowest BCUT2D eigenvalue weighted by atomic mass is 10.0. The number of nitrogens with zero attached hydrogens (tertiary/aromatic N) is 1. The summed E-state index contributed by atoms with van der Waals surface area (Å²) in [4.78, 5) is 14.8. The van der Waals surface area contributed by atoms with Crippen molar-refractivity contribution in [2.45, 2.75) is 57.3 Å². The molecule has 0 aliphatic carbocycles. The van der Waals surface area contributed by atoms with Gasteiger partial charge in [0.05, 0.1) is 6.10 Å². The van der Waals surface area contributed by atoms with Crippen molar-refractivity contribution in [3.05, 3.63) is 35.4 Å². The topological polar surface area (TPSA) is 55.6 Å². The Balaban J connectivity index is 0.00000192. The molecule has 0 spiro atoms. The van der Waals surface area contributed by atoms with E-state index in [0.29, 0.717) is 12.6 Å². The first-order valence-corrected chi connectivity index (χ1v) is 8.39. The first kappa shape index (κ1) is 18.2. The number of carbonyl (C=O) groups excluding carboxylic acids is 1. The van der Waals surface area contributed by atoms with E-state index in [0.717, 1.165) is 38.6 Å². The van der Waals surface area contributed by atoms with Gasteiger partial charge in [-0.1, -0.05) is 29.8 Å². The predicted molar refractivity (Wildman–Crippen MR) is 93.8 cm³/mol. The summed E-state index contributed by atoms with van der Waals surface area (Å²) in [6.45, 7) is 3.47. The molecule has 1 aromatic rings. The molecule has 0 radical (unpaired) electrons. The van der Waals surface area contributed by atoms with Gasteiger partial charge in [0.25, 0.3) is 5.91 Å². The summed E-state index contributed by atoms with van der Waals surface area (Å²) < 4.78 is 5.78. The summed E-state index contributed by atoms with van der Waals surface area (Å²) in [5.41, 5.74) is 8.22. The molecule has 2 aliphatic heterocycles. The fourth-order valence-electron chi connectivity index (χ4n) is 3.58. The van der Waals surface area contributed by atoms with Gasteiger partial charge in [-0.15, -0.1) is 12.4 Å². The van der Waals surface area contributed by atoms with Crippen LogP contribution in [0.15, 0.2) is 24.3 Å². The lowest BCUT2D eigenvalue weighted by Gasteiger charge is -2.27. The van der Waals surface area contributed by atoms with E-state index in [2.05, 4.69) is 31.2 Å². The summed E-state index contributed by atoms with van der Waals surface area (Å²) >= 11 is 0. The SMILES string of the molecule is Cc1ccc(CC2CCCN2C(=O)[C@@H]2CC[C@H](CN)O2)cc1.Cl. The third-order valence-corrected chi connectivity index (χ3v) is 4.90. The van der Waals surface area contributed by atoms with E-state index >= 15 is 0 Å².